The summed E-state index contributed by atoms with van der Waals surface area (Å²) >= 11 is 2.61. The second-order valence-electron chi connectivity index (χ2n) is 8.47. The summed E-state index contributed by atoms with van der Waals surface area (Å²) in [5, 5.41) is 7.00. The summed E-state index contributed by atoms with van der Waals surface area (Å²) in [5.74, 6) is -0.318. The molecule has 0 unspecified atom stereocenters. The topological polar surface area (TPSA) is 97.1 Å². The maximum atomic E-state index is 13.8. The first kappa shape index (κ1) is 23.1. The van der Waals surface area contributed by atoms with E-state index in [-0.39, 0.29) is 30.6 Å². The summed E-state index contributed by atoms with van der Waals surface area (Å²) in [6.07, 6.45) is 5.57. The molecular formula is C24H26N4O3S2. The maximum absolute atomic E-state index is 13.8. The summed E-state index contributed by atoms with van der Waals surface area (Å²) in [6.45, 7) is 4.86. The second kappa shape index (κ2) is 10.3. The third-order valence-electron chi connectivity index (χ3n) is 5.44. The molecule has 4 rings (SSSR count). The van der Waals surface area contributed by atoms with Crippen LogP contribution < -0.4 is 10.6 Å². The lowest BCUT2D eigenvalue weighted by atomic mass is 9.77. The van der Waals surface area contributed by atoms with Gasteiger partial charge >= 0.3 is 0 Å². The summed E-state index contributed by atoms with van der Waals surface area (Å²) in [4.78, 5) is 29.1. The molecule has 0 atom stereocenters. The van der Waals surface area contributed by atoms with Crippen molar-refractivity contribution in [2.75, 3.05) is 6.54 Å². The van der Waals surface area contributed by atoms with Crippen molar-refractivity contribution in [3.63, 3.8) is 0 Å². The van der Waals surface area contributed by atoms with Crippen LogP contribution in [0.15, 0.2) is 59.5 Å². The van der Waals surface area contributed by atoms with Crippen molar-refractivity contribution in [2.24, 2.45) is 11.3 Å². The lowest BCUT2D eigenvalue weighted by molar-refractivity contribution is -0.143. The van der Waals surface area contributed by atoms with E-state index in [1.165, 1.54) is 23.1 Å². The van der Waals surface area contributed by atoms with Crippen LogP contribution in [0.25, 0.3) is 11.0 Å². The number of furan rings is 1. The van der Waals surface area contributed by atoms with Gasteiger partial charge in [0.15, 0.2) is 0 Å². The minimum Gasteiger partial charge on any atom is -0.464 e. The average molecular weight is 483 g/mol. The monoisotopic (exact) mass is 482 g/mol. The lowest BCUT2D eigenvalue weighted by Crippen LogP contribution is -2.54. The second-order valence-corrected chi connectivity index (χ2v) is 10.3. The van der Waals surface area contributed by atoms with Gasteiger partial charge in [-0.1, -0.05) is 19.9 Å². The smallest absolute Gasteiger partial charge is 0.236 e. The van der Waals surface area contributed by atoms with Gasteiger partial charge in [-0.2, -0.15) is 0 Å². The number of nitrogens with one attached hydrogen (secondary N) is 2. The molecule has 0 fully saturated rings. The Balaban J connectivity index is 1.63. The Labute approximate surface area is 200 Å². The fourth-order valence-corrected chi connectivity index (χ4v) is 5.07. The Bertz CT molecular complexity index is 1160. The van der Waals surface area contributed by atoms with Crippen LogP contribution in [-0.2, 0) is 29.0 Å². The summed E-state index contributed by atoms with van der Waals surface area (Å²) < 4.78 is 13.7. The number of carbonyl (C=O) groups excluding carboxylic acids is 2. The van der Waals surface area contributed by atoms with Crippen LogP contribution in [0, 0.1) is 11.3 Å². The third kappa shape index (κ3) is 5.48. The first-order valence-electron chi connectivity index (χ1n) is 10.8. The van der Waals surface area contributed by atoms with E-state index in [2.05, 4.69) is 19.4 Å². The highest BCUT2D eigenvalue weighted by molar-refractivity contribution is 7.06. The number of rotatable bonds is 10. The molecule has 3 heterocycles. The number of nitrogens with zero attached hydrogens (tertiary/aromatic N) is 2. The molecule has 33 heavy (non-hydrogen) atoms. The number of aromatic nitrogens is 2. The molecule has 2 N–H and O–H groups in total. The van der Waals surface area contributed by atoms with Crippen molar-refractivity contribution >= 4 is 45.8 Å². The summed E-state index contributed by atoms with van der Waals surface area (Å²) in [7, 11) is 0. The Morgan fingerprint density at radius 3 is 2.24 bits per heavy atom. The van der Waals surface area contributed by atoms with Crippen molar-refractivity contribution in [1.82, 2.24) is 19.4 Å². The molecule has 0 bridgehead atoms. The number of amides is 2. The fraction of sp³-hybridized carbons (Fsp3) is 0.333. The molecule has 2 amide bonds. The Kier molecular flexibility index (Phi) is 7.20. The quantitative estimate of drug-likeness (QED) is 0.330. The Morgan fingerprint density at radius 1 is 0.970 bits per heavy atom. The zero-order valence-corrected chi connectivity index (χ0v) is 20.2. The molecule has 0 spiro atoms. The number of fused-ring (bicyclic) bond motifs is 1. The van der Waals surface area contributed by atoms with Gasteiger partial charge in [0.25, 0.3) is 0 Å². The molecular weight excluding hydrogens is 456 g/mol. The van der Waals surface area contributed by atoms with Crippen LogP contribution in [-0.4, -0.2) is 27.1 Å². The number of hydrogen-bond donors (Lipinski definition) is 2. The van der Waals surface area contributed by atoms with Crippen LogP contribution in [0.2, 0.25) is 0 Å². The van der Waals surface area contributed by atoms with E-state index in [9.17, 15) is 9.59 Å². The Morgan fingerprint density at radius 2 is 1.64 bits per heavy atom. The minimum atomic E-state index is -1.31. The molecule has 0 saturated heterocycles. The van der Waals surface area contributed by atoms with Crippen LogP contribution in [0.1, 0.15) is 29.2 Å². The molecule has 9 heteroatoms. The average Bonchev–Trinajstić information content (AvgIpc) is 3.57. The van der Waals surface area contributed by atoms with Gasteiger partial charge in [-0.3, -0.25) is 9.59 Å². The molecule has 0 aliphatic carbocycles. The van der Waals surface area contributed by atoms with Gasteiger partial charge in [0.05, 0.1) is 6.26 Å². The van der Waals surface area contributed by atoms with Gasteiger partial charge in [0.2, 0.25) is 11.8 Å². The van der Waals surface area contributed by atoms with Gasteiger partial charge in [-0.15, -0.1) is 0 Å². The van der Waals surface area contributed by atoms with Crippen LogP contribution >= 0.6 is 23.1 Å². The third-order valence-corrected chi connectivity index (χ3v) is 6.93. The number of benzene rings is 1. The zero-order chi connectivity index (χ0) is 23.3. The molecule has 0 radical (unpaired) electrons. The number of carbonyl (C=O) groups is 2. The molecule has 1 aromatic carbocycles. The predicted octanol–water partition coefficient (Wildman–Crippen LogP) is 4.21. The van der Waals surface area contributed by atoms with Crippen LogP contribution in [0.3, 0.4) is 0 Å². The molecule has 7 nitrogen and oxygen atoms in total. The summed E-state index contributed by atoms with van der Waals surface area (Å²) in [5.41, 5.74) is 0.417. The van der Waals surface area contributed by atoms with Crippen LogP contribution in [0.4, 0.5) is 0 Å². The molecule has 4 aromatic rings. The zero-order valence-electron chi connectivity index (χ0n) is 18.5. The van der Waals surface area contributed by atoms with E-state index in [0.29, 0.717) is 13.1 Å². The molecule has 0 saturated carbocycles. The first-order valence-corrected chi connectivity index (χ1v) is 12.3. The van der Waals surface area contributed by atoms with E-state index in [4.69, 9.17) is 4.42 Å². The predicted molar refractivity (Wildman–Crippen MR) is 130 cm³/mol. The molecule has 0 aliphatic heterocycles. The highest BCUT2D eigenvalue weighted by atomic mass is 32.1. The maximum Gasteiger partial charge on any atom is 0.236 e. The highest BCUT2D eigenvalue weighted by Gasteiger charge is 2.46. The van der Waals surface area contributed by atoms with Gasteiger partial charge in [0, 0.05) is 53.5 Å². The van der Waals surface area contributed by atoms with Crippen molar-refractivity contribution in [3.8, 4) is 0 Å². The first-order chi connectivity index (χ1) is 16.0. The highest BCUT2D eigenvalue weighted by Crippen LogP contribution is 2.32. The SMILES string of the molecule is CC(C)CNC(=O)C(Cc1ccns1)(Cc1ccns1)C(=O)NCc1ccc2occc2c1. The van der Waals surface area contributed by atoms with Crippen molar-refractivity contribution in [1.29, 1.82) is 0 Å². The normalized spacial score (nSPS) is 11.7. The van der Waals surface area contributed by atoms with E-state index in [1.807, 2.05) is 50.2 Å². The molecule has 0 aliphatic rings. The Hall–Kier alpha value is -3.04. The van der Waals surface area contributed by atoms with Crippen molar-refractivity contribution in [3.05, 3.63) is 70.4 Å². The van der Waals surface area contributed by atoms with Crippen LogP contribution in [0.5, 0.6) is 0 Å². The molecule has 3 aromatic heterocycles. The van der Waals surface area contributed by atoms with E-state index in [0.717, 1.165) is 26.3 Å². The van der Waals surface area contributed by atoms with Crippen molar-refractivity contribution in [2.45, 2.75) is 33.2 Å². The lowest BCUT2D eigenvalue weighted by Gasteiger charge is -2.31. The van der Waals surface area contributed by atoms with Gasteiger partial charge in [-0.25, -0.2) is 8.75 Å². The standard InChI is InChI=1S/C24H26N4O3S2/c1-16(2)14-25-22(29)24(12-19-5-8-27-32-19,13-20-6-9-28-33-20)23(30)26-15-17-3-4-21-18(11-17)7-10-31-21/h3-11,16H,12-15H2,1-2H3,(H,25,29)(H,26,30). The summed E-state index contributed by atoms with van der Waals surface area (Å²) in [6, 6.07) is 11.4. The number of hydrogen-bond acceptors (Lipinski definition) is 7. The van der Waals surface area contributed by atoms with E-state index >= 15 is 0 Å². The van der Waals surface area contributed by atoms with E-state index < -0.39 is 5.41 Å². The van der Waals surface area contributed by atoms with Gasteiger partial charge < -0.3 is 15.1 Å². The fourth-order valence-electron chi connectivity index (χ4n) is 3.69. The minimum absolute atomic E-state index is 0.267. The van der Waals surface area contributed by atoms with E-state index in [1.54, 1.807) is 18.7 Å². The van der Waals surface area contributed by atoms with Crippen molar-refractivity contribution < 1.29 is 14.0 Å². The van der Waals surface area contributed by atoms with Gasteiger partial charge in [0.1, 0.15) is 11.0 Å². The van der Waals surface area contributed by atoms with Gasteiger partial charge in [-0.05, 0) is 64.9 Å². The molecule has 172 valence electrons. The largest absolute Gasteiger partial charge is 0.464 e.